The third kappa shape index (κ3) is 3.40. The van der Waals surface area contributed by atoms with E-state index in [1.807, 2.05) is 37.3 Å². The molecule has 1 aliphatic rings. The van der Waals surface area contributed by atoms with Gasteiger partial charge in [0.05, 0.1) is 23.8 Å². The first kappa shape index (κ1) is 17.2. The first-order valence-corrected chi connectivity index (χ1v) is 8.86. The maximum Gasteiger partial charge on any atom is 0.274 e. The summed E-state index contributed by atoms with van der Waals surface area (Å²) in [5.74, 6) is 0.389. The fourth-order valence-corrected chi connectivity index (χ4v) is 3.23. The monoisotopic (exact) mass is 364 g/mol. The highest BCUT2D eigenvalue weighted by Gasteiger charge is 2.29. The number of para-hydroxylation sites is 2. The van der Waals surface area contributed by atoms with Gasteiger partial charge in [-0.3, -0.25) is 14.6 Å². The summed E-state index contributed by atoms with van der Waals surface area (Å²) in [7, 11) is 1.72. The Morgan fingerprint density at radius 3 is 2.78 bits per heavy atom. The molecule has 27 heavy (non-hydrogen) atoms. The van der Waals surface area contributed by atoms with Gasteiger partial charge in [-0.1, -0.05) is 12.1 Å². The van der Waals surface area contributed by atoms with Gasteiger partial charge in [0.1, 0.15) is 17.5 Å². The second-order valence-corrected chi connectivity index (χ2v) is 6.75. The molecule has 1 fully saturated rings. The maximum atomic E-state index is 12.8. The number of fused-ring (bicyclic) bond motifs is 1. The van der Waals surface area contributed by atoms with E-state index >= 15 is 0 Å². The molecule has 3 heterocycles. The number of benzene rings is 1. The number of nitrogens with zero attached hydrogens (tertiary/aromatic N) is 4. The fraction of sp³-hybridized carbons (Fsp3) is 0.300. The van der Waals surface area contributed by atoms with Crippen LogP contribution in [0.15, 0.2) is 47.4 Å². The number of ether oxygens (including phenoxy) is 1. The van der Waals surface area contributed by atoms with Gasteiger partial charge in [-0.2, -0.15) is 0 Å². The van der Waals surface area contributed by atoms with E-state index in [0.29, 0.717) is 36.5 Å². The van der Waals surface area contributed by atoms with E-state index in [1.54, 1.807) is 16.5 Å². The zero-order valence-electron chi connectivity index (χ0n) is 15.3. The molecule has 4 rings (SSSR count). The summed E-state index contributed by atoms with van der Waals surface area (Å²) >= 11 is 0. The Morgan fingerprint density at radius 1 is 1.22 bits per heavy atom. The van der Waals surface area contributed by atoms with Crippen LogP contribution in [0, 0.1) is 6.92 Å². The molecular weight excluding hydrogens is 344 g/mol. The number of rotatable bonds is 3. The van der Waals surface area contributed by atoms with Crippen molar-refractivity contribution in [2.45, 2.75) is 19.4 Å². The molecule has 1 amide bonds. The van der Waals surface area contributed by atoms with Crippen LogP contribution in [-0.4, -0.2) is 44.5 Å². The Labute approximate surface area is 156 Å². The van der Waals surface area contributed by atoms with Crippen LogP contribution in [0.25, 0.3) is 11.0 Å². The number of hydrogen-bond donors (Lipinski definition) is 0. The van der Waals surface area contributed by atoms with Crippen molar-refractivity contribution in [2.75, 3.05) is 13.1 Å². The average Bonchev–Trinajstić information content (AvgIpc) is 3.13. The smallest absolute Gasteiger partial charge is 0.274 e. The van der Waals surface area contributed by atoms with Crippen molar-refractivity contribution in [1.82, 2.24) is 19.4 Å². The van der Waals surface area contributed by atoms with E-state index < -0.39 is 0 Å². The maximum absolute atomic E-state index is 12.8. The zero-order chi connectivity index (χ0) is 19.0. The molecule has 0 saturated carbocycles. The van der Waals surface area contributed by atoms with Crippen molar-refractivity contribution in [1.29, 1.82) is 0 Å². The van der Waals surface area contributed by atoms with Gasteiger partial charge in [0.15, 0.2) is 0 Å². The molecular formula is C20H20N4O3. The highest BCUT2D eigenvalue weighted by molar-refractivity contribution is 5.94. The lowest BCUT2D eigenvalue weighted by molar-refractivity contribution is 0.0766. The predicted octanol–water partition coefficient (Wildman–Crippen LogP) is 1.93. The van der Waals surface area contributed by atoms with E-state index in [9.17, 15) is 9.59 Å². The Bertz CT molecular complexity index is 1080. The van der Waals surface area contributed by atoms with Gasteiger partial charge in [0.25, 0.3) is 11.5 Å². The first-order chi connectivity index (χ1) is 13.0. The normalized spacial score (nSPS) is 16.7. The fourth-order valence-electron chi connectivity index (χ4n) is 3.23. The SMILES string of the molecule is Cc1cc(OC2CCN(C(=O)c3cnc4ccccc4n3)C2)cc(=O)n1C. The summed E-state index contributed by atoms with van der Waals surface area (Å²) in [6.45, 7) is 2.90. The van der Waals surface area contributed by atoms with E-state index in [2.05, 4.69) is 9.97 Å². The molecule has 0 N–H and O–H groups in total. The second-order valence-electron chi connectivity index (χ2n) is 6.75. The van der Waals surface area contributed by atoms with Crippen LogP contribution in [0.3, 0.4) is 0 Å². The van der Waals surface area contributed by atoms with Gasteiger partial charge >= 0.3 is 0 Å². The molecule has 3 aromatic rings. The number of aromatic nitrogens is 3. The average molecular weight is 364 g/mol. The first-order valence-electron chi connectivity index (χ1n) is 8.86. The van der Waals surface area contributed by atoms with Gasteiger partial charge < -0.3 is 14.2 Å². The Kier molecular flexibility index (Phi) is 4.35. The second kappa shape index (κ2) is 6.83. The third-order valence-electron chi connectivity index (χ3n) is 4.88. The van der Waals surface area contributed by atoms with Gasteiger partial charge in [0.2, 0.25) is 0 Å². The number of amides is 1. The van der Waals surface area contributed by atoms with Gasteiger partial charge in [-0.15, -0.1) is 0 Å². The topological polar surface area (TPSA) is 77.3 Å². The molecule has 0 aliphatic carbocycles. The summed E-state index contributed by atoms with van der Waals surface area (Å²) in [4.78, 5) is 35.1. The largest absolute Gasteiger partial charge is 0.488 e. The van der Waals surface area contributed by atoms with Crippen molar-refractivity contribution in [3.8, 4) is 5.75 Å². The zero-order valence-corrected chi connectivity index (χ0v) is 15.3. The molecule has 138 valence electrons. The molecule has 1 unspecified atom stereocenters. The van der Waals surface area contributed by atoms with Crippen LogP contribution in [0.5, 0.6) is 5.75 Å². The molecule has 0 radical (unpaired) electrons. The summed E-state index contributed by atoms with van der Waals surface area (Å²) in [5, 5.41) is 0. The summed E-state index contributed by atoms with van der Waals surface area (Å²) < 4.78 is 7.50. The van der Waals surface area contributed by atoms with Gasteiger partial charge in [-0.05, 0) is 25.1 Å². The minimum absolute atomic E-state index is 0.109. The molecule has 1 aromatic carbocycles. The summed E-state index contributed by atoms with van der Waals surface area (Å²) in [6, 6.07) is 10.8. The third-order valence-corrected chi connectivity index (χ3v) is 4.88. The Balaban J connectivity index is 1.47. The number of carbonyl (C=O) groups excluding carboxylic acids is 1. The van der Waals surface area contributed by atoms with Crippen molar-refractivity contribution < 1.29 is 9.53 Å². The number of hydrogen-bond acceptors (Lipinski definition) is 5. The van der Waals surface area contributed by atoms with Crippen molar-refractivity contribution in [3.05, 3.63) is 64.3 Å². The minimum Gasteiger partial charge on any atom is -0.488 e. The lowest BCUT2D eigenvalue weighted by atomic mass is 10.3. The highest BCUT2D eigenvalue weighted by atomic mass is 16.5. The number of likely N-dealkylation sites (tertiary alicyclic amines) is 1. The summed E-state index contributed by atoms with van der Waals surface area (Å²) in [5.41, 5.74) is 2.51. The van der Waals surface area contributed by atoms with E-state index in [0.717, 1.165) is 11.2 Å². The number of aryl methyl sites for hydroxylation is 1. The van der Waals surface area contributed by atoms with Crippen LogP contribution in [0.2, 0.25) is 0 Å². The van der Waals surface area contributed by atoms with Crippen LogP contribution in [0.4, 0.5) is 0 Å². The number of pyridine rings is 1. The number of carbonyl (C=O) groups is 1. The minimum atomic E-state index is -0.153. The van der Waals surface area contributed by atoms with Crippen molar-refractivity contribution >= 4 is 16.9 Å². The molecule has 1 atom stereocenters. The lowest BCUT2D eigenvalue weighted by Crippen LogP contribution is -2.31. The predicted molar refractivity (Wildman–Crippen MR) is 101 cm³/mol. The van der Waals surface area contributed by atoms with Crippen LogP contribution >= 0.6 is 0 Å². The quantitative estimate of drug-likeness (QED) is 0.710. The summed E-state index contributed by atoms with van der Waals surface area (Å²) in [6.07, 6.45) is 2.08. The molecule has 0 bridgehead atoms. The molecule has 1 aliphatic heterocycles. The van der Waals surface area contributed by atoms with Gasteiger partial charge in [0, 0.05) is 31.8 Å². The van der Waals surface area contributed by atoms with Crippen LogP contribution in [-0.2, 0) is 7.05 Å². The Hall–Kier alpha value is -3.22. The molecule has 2 aromatic heterocycles. The van der Waals surface area contributed by atoms with E-state index in [4.69, 9.17) is 4.74 Å². The molecule has 7 heteroatoms. The molecule has 0 spiro atoms. The highest BCUT2D eigenvalue weighted by Crippen LogP contribution is 2.20. The van der Waals surface area contributed by atoms with Crippen molar-refractivity contribution in [2.24, 2.45) is 7.05 Å². The van der Waals surface area contributed by atoms with Crippen LogP contribution in [0.1, 0.15) is 22.6 Å². The van der Waals surface area contributed by atoms with Crippen molar-refractivity contribution in [3.63, 3.8) is 0 Å². The lowest BCUT2D eigenvalue weighted by Gasteiger charge is -2.17. The molecule has 1 saturated heterocycles. The van der Waals surface area contributed by atoms with Gasteiger partial charge in [-0.25, -0.2) is 4.98 Å². The van der Waals surface area contributed by atoms with Crippen LogP contribution < -0.4 is 10.3 Å². The van der Waals surface area contributed by atoms with E-state index in [-0.39, 0.29) is 17.6 Å². The van der Waals surface area contributed by atoms with E-state index in [1.165, 1.54) is 12.3 Å². The Morgan fingerprint density at radius 2 is 2.00 bits per heavy atom. The standard InChI is InChI=1S/C20H20N4O3/c1-13-9-15(10-19(25)23(13)2)27-14-7-8-24(12-14)20(26)18-11-21-16-5-3-4-6-17(16)22-18/h3-6,9-11,14H,7-8,12H2,1-2H3. The molecule has 7 nitrogen and oxygen atoms in total.